The lowest BCUT2D eigenvalue weighted by Crippen LogP contribution is -2.56. The molecule has 49 heavy (non-hydrogen) atoms. The van der Waals surface area contributed by atoms with Gasteiger partial charge in [0.1, 0.15) is 23.7 Å². The monoisotopic (exact) mass is 682 g/mol. The average molecular weight is 683 g/mol. The van der Waals surface area contributed by atoms with Crippen LogP contribution >= 0.6 is 0 Å². The number of anilines is 1. The third-order valence-corrected chi connectivity index (χ3v) is 9.38. The van der Waals surface area contributed by atoms with Gasteiger partial charge in [0.05, 0.1) is 23.8 Å². The number of benzene rings is 2. The molecule has 2 saturated heterocycles. The van der Waals surface area contributed by atoms with Crippen molar-refractivity contribution in [2.75, 3.05) is 38.3 Å². The van der Waals surface area contributed by atoms with Gasteiger partial charge < -0.3 is 19.7 Å². The van der Waals surface area contributed by atoms with Crippen LogP contribution in [0.15, 0.2) is 48.5 Å². The topological polar surface area (TPSA) is 130 Å². The minimum Gasteiger partial charge on any atom is -0.381 e. The van der Waals surface area contributed by atoms with E-state index >= 15 is 0 Å². The normalized spacial score (nSPS) is 22.9. The Morgan fingerprint density at radius 2 is 1.86 bits per heavy atom. The zero-order valence-electron chi connectivity index (χ0n) is 26.7. The van der Waals surface area contributed by atoms with Gasteiger partial charge in [0.15, 0.2) is 5.69 Å². The average Bonchev–Trinajstić information content (AvgIpc) is 3.71. The molecule has 2 aromatic carbocycles. The maximum Gasteiger partial charge on any atom is 0.416 e. The van der Waals surface area contributed by atoms with E-state index in [2.05, 4.69) is 11.4 Å². The predicted octanol–water partition coefficient (Wildman–Crippen LogP) is 4.44. The standard InChI is InChI=1S/C34H34F4N6O5/c1-3-42-31-27(29(41-44(31)23-11-13-49-14-12-23)33(47)43-18-25(48-2)16-24(43)17-39)26(19-7-9-22(35)10-8-19)28(32(42)46)40-30(45)20-5-4-6-21(15-20)34(36,37)38/h4-10,15,23-26,28H,3,11-14,16,18H2,1-2H3,(H,40,45)/t24-,25+,26-,28-/m0/s1. The van der Waals surface area contributed by atoms with Gasteiger partial charge in [-0.2, -0.15) is 23.5 Å². The molecule has 0 saturated carbocycles. The smallest absolute Gasteiger partial charge is 0.381 e. The van der Waals surface area contributed by atoms with Crippen LogP contribution in [0.3, 0.4) is 0 Å². The Bertz CT molecular complexity index is 1780. The maximum absolute atomic E-state index is 14.5. The zero-order valence-corrected chi connectivity index (χ0v) is 26.7. The molecule has 258 valence electrons. The lowest BCUT2D eigenvalue weighted by molar-refractivity contribution is -0.137. The van der Waals surface area contributed by atoms with Crippen LogP contribution in [-0.4, -0.2) is 84.0 Å². The highest BCUT2D eigenvalue weighted by Crippen LogP contribution is 2.45. The Morgan fingerprint density at radius 1 is 1.14 bits per heavy atom. The second-order valence-corrected chi connectivity index (χ2v) is 12.2. The van der Waals surface area contributed by atoms with Gasteiger partial charge in [-0.15, -0.1) is 0 Å². The van der Waals surface area contributed by atoms with Crippen molar-refractivity contribution in [2.45, 2.75) is 62.5 Å². The summed E-state index contributed by atoms with van der Waals surface area (Å²) >= 11 is 0. The van der Waals surface area contributed by atoms with Crippen LogP contribution in [0.25, 0.3) is 0 Å². The van der Waals surface area contributed by atoms with Crippen LogP contribution in [0.5, 0.6) is 0 Å². The number of halogens is 4. The molecule has 6 rings (SSSR count). The fourth-order valence-corrected chi connectivity index (χ4v) is 6.91. The fraction of sp³-hybridized carbons (Fsp3) is 0.441. The third kappa shape index (κ3) is 6.38. The number of carbonyl (C=O) groups excluding carboxylic acids is 3. The van der Waals surface area contributed by atoms with Crippen LogP contribution in [-0.2, 0) is 20.4 Å². The number of nitrogens with zero attached hydrogens (tertiary/aromatic N) is 5. The van der Waals surface area contributed by atoms with E-state index in [0.717, 1.165) is 12.1 Å². The van der Waals surface area contributed by atoms with Crippen molar-refractivity contribution < 1.29 is 41.4 Å². The Kier molecular flexibility index (Phi) is 9.45. The Balaban J connectivity index is 1.54. The molecular weight excluding hydrogens is 648 g/mol. The molecule has 3 aliphatic rings. The van der Waals surface area contributed by atoms with Crippen molar-refractivity contribution in [3.8, 4) is 6.07 Å². The minimum atomic E-state index is -4.71. The number of alkyl halides is 3. The van der Waals surface area contributed by atoms with Crippen LogP contribution in [0.2, 0.25) is 0 Å². The van der Waals surface area contributed by atoms with E-state index < -0.39 is 59.4 Å². The number of nitrogens with one attached hydrogen (secondary N) is 1. The molecule has 0 radical (unpaired) electrons. The summed E-state index contributed by atoms with van der Waals surface area (Å²) in [5, 5.41) is 17.4. The number of hydrogen-bond donors (Lipinski definition) is 1. The number of methoxy groups -OCH3 is 1. The third-order valence-electron chi connectivity index (χ3n) is 9.38. The van der Waals surface area contributed by atoms with E-state index in [1.807, 2.05) is 0 Å². The summed E-state index contributed by atoms with van der Waals surface area (Å²) in [5.41, 5.74) is -0.799. The molecule has 4 atom stereocenters. The number of fused-ring (bicyclic) bond motifs is 1. The Labute approximate surface area is 279 Å². The highest BCUT2D eigenvalue weighted by molar-refractivity contribution is 6.07. The van der Waals surface area contributed by atoms with Gasteiger partial charge in [-0.3, -0.25) is 19.3 Å². The van der Waals surface area contributed by atoms with Crippen LogP contribution in [0, 0.1) is 17.1 Å². The molecule has 2 fully saturated rings. The Hall–Kier alpha value is -4.81. The van der Waals surface area contributed by atoms with Crippen LogP contribution in [0.1, 0.15) is 75.7 Å². The van der Waals surface area contributed by atoms with Crippen LogP contribution in [0.4, 0.5) is 23.4 Å². The first kappa shape index (κ1) is 34.1. The lowest BCUT2D eigenvalue weighted by atomic mass is 9.80. The Morgan fingerprint density at radius 3 is 2.49 bits per heavy atom. The van der Waals surface area contributed by atoms with Crippen molar-refractivity contribution in [3.05, 3.63) is 82.3 Å². The maximum atomic E-state index is 14.5. The SMILES string of the molecule is CCN1C(=O)[C@@H](NC(=O)c2cccc(C(F)(F)F)c2)[C@@H](c2ccc(F)cc2)c2c(C(=O)N3C[C@H](OC)C[C@H]3C#N)nn(C3CCOCC3)c21. The molecule has 0 spiro atoms. The lowest BCUT2D eigenvalue weighted by Gasteiger charge is -2.39. The van der Waals surface area contributed by atoms with E-state index in [-0.39, 0.29) is 42.4 Å². The van der Waals surface area contributed by atoms with Crippen molar-refractivity contribution in [2.24, 2.45) is 0 Å². The summed E-state index contributed by atoms with van der Waals surface area (Å²) in [5.74, 6) is -3.50. The van der Waals surface area contributed by atoms with E-state index in [1.165, 1.54) is 47.2 Å². The molecule has 4 heterocycles. The van der Waals surface area contributed by atoms with Crippen molar-refractivity contribution in [1.82, 2.24) is 20.0 Å². The second kappa shape index (κ2) is 13.6. The summed E-state index contributed by atoms with van der Waals surface area (Å²) in [6.45, 7) is 2.75. The predicted molar refractivity (Wildman–Crippen MR) is 166 cm³/mol. The van der Waals surface area contributed by atoms with E-state index in [0.29, 0.717) is 43.5 Å². The number of aromatic nitrogens is 2. The van der Waals surface area contributed by atoms with Gasteiger partial charge in [0.2, 0.25) is 0 Å². The molecule has 0 unspecified atom stereocenters. The molecule has 1 N–H and O–H groups in total. The summed E-state index contributed by atoms with van der Waals surface area (Å²) in [4.78, 5) is 45.4. The van der Waals surface area contributed by atoms with Gasteiger partial charge in [-0.05, 0) is 55.7 Å². The number of amides is 3. The first-order valence-electron chi connectivity index (χ1n) is 15.9. The van der Waals surface area contributed by atoms with E-state index in [1.54, 1.807) is 11.6 Å². The largest absolute Gasteiger partial charge is 0.416 e. The molecule has 15 heteroatoms. The molecule has 0 aliphatic carbocycles. The highest BCUT2D eigenvalue weighted by Gasteiger charge is 2.49. The number of carbonyl (C=O) groups is 3. The van der Waals surface area contributed by atoms with Crippen molar-refractivity contribution in [1.29, 1.82) is 5.26 Å². The van der Waals surface area contributed by atoms with E-state index in [9.17, 15) is 37.2 Å². The zero-order chi connectivity index (χ0) is 35.0. The summed E-state index contributed by atoms with van der Waals surface area (Å²) in [7, 11) is 1.49. The highest BCUT2D eigenvalue weighted by atomic mass is 19.4. The molecule has 3 aliphatic heterocycles. The molecule has 11 nitrogen and oxygen atoms in total. The van der Waals surface area contributed by atoms with Gasteiger partial charge in [-0.25, -0.2) is 9.07 Å². The number of likely N-dealkylation sites (N-methyl/N-ethyl adjacent to an activating group) is 1. The number of ether oxygens (including phenoxy) is 2. The molecule has 3 aromatic rings. The number of rotatable bonds is 7. The van der Waals surface area contributed by atoms with Gasteiger partial charge in [0.25, 0.3) is 17.7 Å². The molecular formula is C34H34F4N6O5. The van der Waals surface area contributed by atoms with Crippen molar-refractivity contribution >= 4 is 23.5 Å². The summed E-state index contributed by atoms with van der Waals surface area (Å²) in [6, 6.07) is 8.66. The van der Waals surface area contributed by atoms with Gasteiger partial charge in [0, 0.05) is 56.9 Å². The quantitative estimate of drug-likeness (QED) is 0.365. The first-order chi connectivity index (χ1) is 23.5. The van der Waals surface area contributed by atoms with Crippen molar-refractivity contribution in [3.63, 3.8) is 0 Å². The summed E-state index contributed by atoms with van der Waals surface area (Å²) < 4.78 is 67.5. The number of hydrogen-bond acceptors (Lipinski definition) is 7. The molecule has 0 bridgehead atoms. The fourth-order valence-electron chi connectivity index (χ4n) is 6.91. The first-order valence-corrected chi connectivity index (χ1v) is 15.9. The number of nitriles is 1. The summed E-state index contributed by atoms with van der Waals surface area (Å²) in [6.07, 6.45) is -3.78. The number of likely N-dealkylation sites (tertiary alicyclic amines) is 1. The van der Waals surface area contributed by atoms with Gasteiger partial charge in [-0.1, -0.05) is 18.2 Å². The van der Waals surface area contributed by atoms with Gasteiger partial charge >= 0.3 is 6.18 Å². The second-order valence-electron chi connectivity index (χ2n) is 12.2. The van der Waals surface area contributed by atoms with Crippen LogP contribution < -0.4 is 10.2 Å². The molecule has 3 amide bonds. The molecule has 1 aromatic heterocycles. The van der Waals surface area contributed by atoms with E-state index in [4.69, 9.17) is 14.6 Å². The minimum absolute atomic E-state index is 0.0583.